The first-order valence-corrected chi connectivity index (χ1v) is 12.7. The second-order valence-corrected chi connectivity index (χ2v) is 9.85. The van der Waals surface area contributed by atoms with Crippen molar-refractivity contribution in [2.45, 2.75) is 76.9 Å². The van der Waals surface area contributed by atoms with Crippen LogP contribution in [0.5, 0.6) is 5.75 Å². The minimum absolute atomic E-state index is 0.0807. The molecule has 2 rings (SSSR count). The van der Waals surface area contributed by atoms with Gasteiger partial charge in [0.15, 0.2) is 6.61 Å². The van der Waals surface area contributed by atoms with E-state index >= 15 is 0 Å². The highest BCUT2D eigenvalue weighted by Crippen LogP contribution is 2.45. The zero-order chi connectivity index (χ0) is 31.4. The van der Waals surface area contributed by atoms with Crippen molar-refractivity contribution in [2.24, 2.45) is 0 Å². The molecular formula is C29H33F6NO5. The molecule has 1 amide bonds. The van der Waals surface area contributed by atoms with Gasteiger partial charge in [0.05, 0.1) is 0 Å². The van der Waals surface area contributed by atoms with E-state index in [9.17, 15) is 41.0 Å². The van der Waals surface area contributed by atoms with Crippen LogP contribution in [0.1, 0.15) is 61.4 Å². The van der Waals surface area contributed by atoms with E-state index in [1.807, 2.05) is 26.0 Å². The van der Waals surface area contributed by atoms with Gasteiger partial charge in [0.25, 0.3) is 11.5 Å². The molecule has 0 aromatic heterocycles. The number of carboxylic acid groups (broad SMARTS) is 1. The Hall–Kier alpha value is -3.54. The highest BCUT2D eigenvalue weighted by Gasteiger charge is 2.68. The molecule has 2 aromatic rings. The smallest absolute Gasteiger partial charge is 0.430 e. The maximum absolute atomic E-state index is 13.1. The summed E-state index contributed by atoms with van der Waals surface area (Å²) >= 11 is 0. The number of carbonyl (C=O) groups is 2. The molecule has 0 radical (unpaired) electrons. The molecule has 2 aromatic carbocycles. The van der Waals surface area contributed by atoms with E-state index in [1.165, 1.54) is 13.0 Å². The molecule has 0 aliphatic rings. The molecule has 226 valence electrons. The van der Waals surface area contributed by atoms with E-state index < -0.39 is 47.9 Å². The number of amides is 1. The zero-order valence-corrected chi connectivity index (χ0v) is 23.2. The number of carboxylic acids is 1. The topological polar surface area (TPSA) is 95.9 Å². The number of aryl methyl sites for hydroxylation is 2. The Bertz CT molecular complexity index is 1270. The average molecular weight is 590 g/mol. The number of hydrogen-bond acceptors (Lipinski definition) is 4. The third kappa shape index (κ3) is 7.22. The van der Waals surface area contributed by atoms with Crippen LogP contribution in [0.25, 0.3) is 6.08 Å². The summed E-state index contributed by atoms with van der Waals surface area (Å²) in [6.45, 7) is 8.16. The molecule has 0 aliphatic heterocycles. The van der Waals surface area contributed by atoms with Crippen molar-refractivity contribution in [1.82, 2.24) is 5.32 Å². The fourth-order valence-electron chi connectivity index (χ4n) is 4.55. The molecule has 0 aliphatic carbocycles. The van der Waals surface area contributed by atoms with E-state index in [-0.39, 0.29) is 11.6 Å². The number of rotatable bonds is 11. The normalized spacial score (nSPS) is 13.8. The van der Waals surface area contributed by atoms with Gasteiger partial charge >= 0.3 is 18.3 Å². The summed E-state index contributed by atoms with van der Waals surface area (Å²) in [5.74, 6) is -1.38. The minimum atomic E-state index is -5.95. The number of carbonyl (C=O) groups excluding carboxylic acids is 1. The molecule has 0 saturated heterocycles. The van der Waals surface area contributed by atoms with Crippen molar-refractivity contribution in [3.05, 3.63) is 70.3 Å². The lowest BCUT2D eigenvalue weighted by Gasteiger charge is -2.34. The number of aliphatic hydroxyl groups is 1. The summed E-state index contributed by atoms with van der Waals surface area (Å²) in [4.78, 5) is 22.9. The maximum atomic E-state index is 13.1. The number of aliphatic carboxylic acids is 1. The molecule has 6 nitrogen and oxygen atoms in total. The Kier molecular flexibility index (Phi) is 10.3. The van der Waals surface area contributed by atoms with Gasteiger partial charge in [-0.2, -0.15) is 26.3 Å². The van der Waals surface area contributed by atoms with Crippen molar-refractivity contribution in [3.63, 3.8) is 0 Å². The van der Waals surface area contributed by atoms with E-state index in [0.29, 0.717) is 35.8 Å². The van der Waals surface area contributed by atoms with Crippen molar-refractivity contribution in [2.75, 3.05) is 6.61 Å². The zero-order valence-electron chi connectivity index (χ0n) is 23.2. The molecule has 12 heteroatoms. The molecule has 1 atom stereocenters. The Morgan fingerprint density at radius 1 is 0.927 bits per heavy atom. The van der Waals surface area contributed by atoms with Gasteiger partial charge < -0.3 is 20.3 Å². The van der Waals surface area contributed by atoms with Crippen LogP contribution in [0.4, 0.5) is 26.3 Å². The minimum Gasteiger partial charge on any atom is -0.484 e. The van der Waals surface area contributed by atoms with E-state index in [4.69, 9.17) is 9.84 Å². The SMILES string of the molecule is CCC(CC)(c1ccc(C=CC(O)(C(F)(F)F)C(F)(F)F)c(C)c1)c1ccc(OCC(=O)NC(C)C(=O)O)c(C)c1. The lowest BCUT2D eigenvalue weighted by molar-refractivity contribution is -0.347. The highest BCUT2D eigenvalue weighted by molar-refractivity contribution is 5.84. The van der Waals surface area contributed by atoms with Crippen LogP contribution in [0.3, 0.4) is 0 Å². The van der Waals surface area contributed by atoms with Crippen LogP contribution < -0.4 is 10.1 Å². The molecule has 1 unspecified atom stereocenters. The molecule has 0 heterocycles. The van der Waals surface area contributed by atoms with Gasteiger partial charge in [0, 0.05) is 5.41 Å². The molecule has 0 spiro atoms. The maximum Gasteiger partial charge on any atom is 0.430 e. The third-order valence-corrected chi connectivity index (χ3v) is 7.23. The first-order chi connectivity index (χ1) is 18.8. The third-order valence-electron chi connectivity index (χ3n) is 7.23. The van der Waals surface area contributed by atoms with E-state index in [2.05, 4.69) is 5.32 Å². The van der Waals surface area contributed by atoms with Gasteiger partial charge in [0.1, 0.15) is 11.8 Å². The quantitative estimate of drug-likeness (QED) is 0.270. The first kappa shape index (κ1) is 33.7. The number of nitrogens with one attached hydrogen (secondary N) is 1. The van der Waals surface area contributed by atoms with E-state index in [1.54, 1.807) is 32.0 Å². The average Bonchev–Trinajstić information content (AvgIpc) is 2.87. The Morgan fingerprint density at radius 2 is 1.44 bits per heavy atom. The fourth-order valence-corrected chi connectivity index (χ4v) is 4.55. The second kappa shape index (κ2) is 12.5. The molecule has 41 heavy (non-hydrogen) atoms. The number of hydrogen-bond donors (Lipinski definition) is 3. The largest absolute Gasteiger partial charge is 0.484 e. The van der Waals surface area contributed by atoms with E-state index in [0.717, 1.165) is 11.1 Å². The summed E-state index contributed by atoms with van der Waals surface area (Å²) < 4.78 is 83.9. The Balaban J connectivity index is 2.38. The van der Waals surface area contributed by atoms with Crippen LogP contribution in [0.15, 0.2) is 42.5 Å². The van der Waals surface area contributed by atoms with Gasteiger partial charge in [-0.05, 0) is 73.6 Å². The lowest BCUT2D eigenvalue weighted by atomic mass is 9.70. The number of ether oxygens (including phenoxy) is 1. The Morgan fingerprint density at radius 3 is 1.88 bits per heavy atom. The highest BCUT2D eigenvalue weighted by atomic mass is 19.4. The van der Waals surface area contributed by atoms with Crippen LogP contribution in [-0.2, 0) is 15.0 Å². The predicted molar refractivity (Wildman–Crippen MR) is 141 cm³/mol. The summed E-state index contributed by atoms with van der Waals surface area (Å²) in [6.07, 6.45) is -10.4. The van der Waals surface area contributed by atoms with Crippen molar-refractivity contribution < 1.29 is 50.9 Å². The standard InChI is InChI=1S/C29H33F6NO5/c1-6-26(7-2,22-10-11-23(18(4)15-22)41-16-24(37)36-19(5)25(38)39)21-9-8-20(17(3)14-21)12-13-27(40,28(30,31)32)29(33,34)35/h8-15,19,40H,6-7,16H2,1-5H3,(H,36,37)(H,38,39). The number of benzene rings is 2. The van der Waals surface area contributed by atoms with Crippen molar-refractivity contribution in [3.8, 4) is 5.75 Å². The van der Waals surface area contributed by atoms with Gasteiger partial charge in [-0.15, -0.1) is 0 Å². The van der Waals surface area contributed by atoms with Crippen LogP contribution in [-0.4, -0.2) is 52.7 Å². The Labute approximate surface area is 234 Å². The van der Waals surface area contributed by atoms with Crippen LogP contribution in [0, 0.1) is 13.8 Å². The van der Waals surface area contributed by atoms with Gasteiger partial charge in [-0.1, -0.05) is 50.3 Å². The van der Waals surface area contributed by atoms with Gasteiger partial charge in [0.2, 0.25) is 0 Å². The monoisotopic (exact) mass is 589 g/mol. The van der Waals surface area contributed by atoms with Crippen LogP contribution in [0.2, 0.25) is 0 Å². The summed E-state index contributed by atoms with van der Waals surface area (Å²) in [5, 5.41) is 20.6. The van der Waals surface area contributed by atoms with Gasteiger partial charge in [-0.3, -0.25) is 9.59 Å². The second-order valence-electron chi connectivity index (χ2n) is 9.85. The fraction of sp³-hybridized carbons (Fsp3) is 0.448. The summed E-state index contributed by atoms with van der Waals surface area (Å²) in [5.41, 5.74) is -2.70. The van der Waals surface area contributed by atoms with Crippen molar-refractivity contribution in [1.29, 1.82) is 0 Å². The lowest BCUT2D eigenvalue weighted by Crippen LogP contribution is -2.55. The van der Waals surface area contributed by atoms with Crippen molar-refractivity contribution >= 4 is 18.0 Å². The first-order valence-electron chi connectivity index (χ1n) is 12.7. The number of alkyl halides is 6. The summed E-state index contributed by atoms with van der Waals surface area (Å²) in [6, 6.07) is 9.02. The summed E-state index contributed by atoms with van der Waals surface area (Å²) in [7, 11) is 0. The van der Waals surface area contributed by atoms with Gasteiger partial charge in [-0.25, -0.2) is 0 Å². The van der Waals surface area contributed by atoms with Crippen LogP contribution >= 0.6 is 0 Å². The molecule has 0 saturated carbocycles. The molecule has 3 N–H and O–H groups in total. The predicted octanol–water partition coefficient (Wildman–Crippen LogP) is 6.25. The molecule has 0 bridgehead atoms. The number of halogens is 6. The molecular weight excluding hydrogens is 556 g/mol. The molecule has 0 fully saturated rings.